The summed E-state index contributed by atoms with van der Waals surface area (Å²) in [4.78, 5) is 34.4. The summed E-state index contributed by atoms with van der Waals surface area (Å²) < 4.78 is 5.32. The Labute approximate surface area is 120 Å². The SMILES string of the molecule is CNC(=O)C(C)Nc1cnn(CC(=O)OC)c(=O)c1Cl. The number of methoxy groups -OCH3 is 1. The van der Waals surface area contributed by atoms with E-state index >= 15 is 0 Å². The van der Waals surface area contributed by atoms with Gasteiger partial charge in [-0.1, -0.05) is 11.6 Å². The molecule has 110 valence electrons. The van der Waals surface area contributed by atoms with Crippen molar-refractivity contribution in [1.82, 2.24) is 15.1 Å². The van der Waals surface area contributed by atoms with Crippen LogP contribution in [0.4, 0.5) is 5.69 Å². The number of halogens is 1. The van der Waals surface area contributed by atoms with Crippen molar-refractivity contribution in [3.05, 3.63) is 21.6 Å². The first kappa shape index (κ1) is 16.0. The molecule has 1 heterocycles. The van der Waals surface area contributed by atoms with Gasteiger partial charge in [0.2, 0.25) is 5.91 Å². The van der Waals surface area contributed by atoms with Crippen LogP contribution < -0.4 is 16.2 Å². The Morgan fingerprint density at radius 1 is 1.55 bits per heavy atom. The zero-order valence-electron chi connectivity index (χ0n) is 11.3. The molecule has 0 aliphatic heterocycles. The first-order valence-electron chi connectivity index (χ1n) is 5.71. The van der Waals surface area contributed by atoms with Crippen LogP contribution in [-0.2, 0) is 20.9 Å². The highest BCUT2D eigenvalue weighted by Gasteiger charge is 2.16. The predicted molar refractivity (Wildman–Crippen MR) is 72.7 cm³/mol. The summed E-state index contributed by atoms with van der Waals surface area (Å²) in [7, 11) is 2.70. The van der Waals surface area contributed by atoms with Crippen LogP contribution in [0.3, 0.4) is 0 Å². The van der Waals surface area contributed by atoms with E-state index in [2.05, 4.69) is 20.5 Å². The number of hydrogen-bond donors (Lipinski definition) is 2. The van der Waals surface area contributed by atoms with Crippen LogP contribution in [0.5, 0.6) is 0 Å². The molecule has 1 unspecified atom stereocenters. The lowest BCUT2D eigenvalue weighted by molar-refractivity contribution is -0.141. The van der Waals surface area contributed by atoms with Gasteiger partial charge in [0.05, 0.1) is 19.0 Å². The van der Waals surface area contributed by atoms with E-state index in [1.54, 1.807) is 6.92 Å². The minimum atomic E-state index is -0.647. The van der Waals surface area contributed by atoms with Crippen molar-refractivity contribution in [1.29, 1.82) is 0 Å². The third-order valence-corrected chi connectivity index (χ3v) is 2.87. The van der Waals surface area contributed by atoms with Crippen molar-refractivity contribution in [2.24, 2.45) is 0 Å². The molecule has 0 aromatic carbocycles. The van der Waals surface area contributed by atoms with Gasteiger partial charge in [-0.25, -0.2) is 4.68 Å². The third-order valence-electron chi connectivity index (χ3n) is 2.50. The molecule has 0 aliphatic rings. The number of carbonyl (C=O) groups is 2. The van der Waals surface area contributed by atoms with Crippen molar-refractivity contribution in [3.63, 3.8) is 0 Å². The van der Waals surface area contributed by atoms with Gasteiger partial charge in [-0.05, 0) is 6.92 Å². The van der Waals surface area contributed by atoms with Crippen molar-refractivity contribution in [3.8, 4) is 0 Å². The molecule has 0 saturated heterocycles. The molecule has 20 heavy (non-hydrogen) atoms. The first-order chi connectivity index (χ1) is 9.40. The first-order valence-corrected chi connectivity index (χ1v) is 6.09. The average Bonchev–Trinajstić information content (AvgIpc) is 2.45. The fourth-order valence-electron chi connectivity index (χ4n) is 1.38. The van der Waals surface area contributed by atoms with E-state index in [1.807, 2.05) is 0 Å². The van der Waals surface area contributed by atoms with Gasteiger partial charge in [-0.2, -0.15) is 5.10 Å². The molecule has 8 nitrogen and oxygen atoms in total. The Morgan fingerprint density at radius 3 is 2.75 bits per heavy atom. The summed E-state index contributed by atoms with van der Waals surface area (Å²) in [5, 5.41) is 8.85. The lowest BCUT2D eigenvalue weighted by Gasteiger charge is -2.14. The second kappa shape index (κ2) is 6.90. The van der Waals surface area contributed by atoms with Crippen LogP contribution in [0.25, 0.3) is 0 Å². The maximum Gasteiger partial charge on any atom is 0.327 e. The van der Waals surface area contributed by atoms with Gasteiger partial charge in [-0.15, -0.1) is 0 Å². The molecule has 1 amide bonds. The van der Waals surface area contributed by atoms with Gasteiger partial charge in [0.1, 0.15) is 17.6 Å². The monoisotopic (exact) mass is 302 g/mol. The summed E-state index contributed by atoms with van der Waals surface area (Å²) >= 11 is 5.90. The number of carbonyl (C=O) groups excluding carboxylic acids is 2. The van der Waals surface area contributed by atoms with Crippen LogP contribution in [0.1, 0.15) is 6.92 Å². The minimum absolute atomic E-state index is 0.153. The van der Waals surface area contributed by atoms with Gasteiger partial charge in [0, 0.05) is 7.05 Å². The molecule has 1 rings (SSSR count). The number of nitrogens with one attached hydrogen (secondary N) is 2. The lowest BCUT2D eigenvalue weighted by atomic mass is 10.3. The Bertz CT molecular complexity index is 572. The van der Waals surface area contributed by atoms with Crippen LogP contribution >= 0.6 is 11.6 Å². The maximum absolute atomic E-state index is 11.9. The molecular formula is C11H15ClN4O4. The van der Waals surface area contributed by atoms with E-state index in [0.717, 1.165) is 4.68 Å². The largest absolute Gasteiger partial charge is 0.468 e. The molecule has 0 spiro atoms. The molecule has 0 aliphatic carbocycles. The molecule has 0 radical (unpaired) electrons. The van der Waals surface area contributed by atoms with Crippen LogP contribution in [0.2, 0.25) is 5.02 Å². The molecule has 1 aromatic heterocycles. The van der Waals surface area contributed by atoms with E-state index in [0.29, 0.717) is 0 Å². The Morgan fingerprint density at radius 2 is 2.20 bits per heavy atom. The predicted octanol–water partition coefficient (Wildman–Crippen LogP) is -0.384. The summed E-state index contributed by atoms with van der Waals surface area (Å²) in [6.45, 7) is 1.27. The standard InChI is InChI=1S/C11H15ClN4O4/c1-6(10(18)13-2)15-7-4-14-16(5-8(17)20-3)11(19)9(7)12/h4,6,15H,5H2,1-3H3,(H,13,18). The van der Waals surface area contributed by atoms with Crippen molar-refractivity contribution in [2.75, 3.05) is 19.5 Å². The summed E-state index contributed by atoms with van der Waals surface area (Å²) in [6, 6.07) is -0.588. The molecule has 1 atom stereocenters. The summed E-state index contributed by atoms with van der Waals surface area (Å²) in [5.74, 6) is -0.880. The zero-order chi connectivity index (χ0) is 15.3. The van der Waals surface area contributed by atoms with Gasteiger partial charge >= 0.3 is 5.97 Å². The number of amides is 1. The van der Waals surface area contributed by atoms with E-state index in [4.69, 9.17) is 11.6 Å². The van der Waals surface area contributed by atoms with E-state index in [-0.39, 0.29) is 23.2 Å². The summed E-state index contributed by atoms with van der Waals surface area (Å²) in [6.07, 6.45) is 1.27. The van der Waals surface area contributed by atoms with Gasteiger partial charge in [0.25, 0.3) is 5.56 Å². The number of ether oxygens (including phenoxy) is 1. The van der Waals surface area contributed by atoms with E-state index < -0.39 is 17.6 Å². The van der Waals surface area contributed by atoms with Gasteiger partial charge < -0.3 is 15.4 Å². The zero-order valence-corrected chi connectivity index (χ0v) is 12.0. The van der Waals surface area contributed by atoms with Gasteiger partial charge in [0.15, 0.2) is 0 Å². The Kier molecular flexibility index (Phi) is 5.51. The highest BCUT2D eigenvalue weighted by atomic mass is 35.5. The van der Waals surface area contributed by atoms with Crippen LogP contribution in [0, 0.1) is 0 Å². The number of hydrogen-bond acceptors (Lipinski definition) is 6. The fraction of sp³-hybridized carbons (Fsp3) is 0.455. The number of nitrogens with zero attached hydrogens (tertiary/aromatic N) is 2. The number of esters is 1. The molecule has 1 aromatic rings. The average molecular weight is 303 g/mol. The molecular weight excluding hydrogens is 288 g/mol. The Hall–Kier alpha value is -2.09. The van der Waals surface area contributed by atoms with Crippen molar-refractivity contribution >= 4 is 29.2 Å². The molecule has 0 saturated carbocycles. The highest BCUT2D eigenvalue weighted by molar-refractivity contribution is 6.33. The minimum Gasteiger partial charge on any atom is -0.468 e. The van der Waals surface area contributed by atoms with Crippen LogP contribution in [0.15, 0.2) is 11.0 Å². The third kappa shape index (κ3) is 3.70. The lowest BCUT2D eigenvalue weighted by Crippen LogP contribution is -2.36. The second-order valence-electron chi connectivity index (χ2n) is 3.89. The smallest absolute Gasteiger partial charge is 0.327 e. The fourth-order valence-corrected chi connectivity index (χ4v) is 1.58. The number of aromatic nitrogens is 2. The second-order valence-corrected chi connectivity index (χ2v) is 4.27. The number of rotatable bonds is 5. The van der Waals surface area contributed by atoms with Crippen molar-refractivity contribution < 1.29 is 14.3 Å². The highest BCUT2D eigenvalue weighted by Crippen LogP contribution is 2.16. The topological polar surface area (TPSA) is 102 Å². The van der Waals surface area contributed by atoms with Crippen molar-refractivity contribution in [2.45, 2.75) is 19.5 Å². The number of anilines is 1. The number of likely N-dealkylation sites (N-methyl/N-ethyl adjacent to an activating group) is 1. The van der Waals surface area contributed by atoms with Gasteiger partial charge in [-0.3, -0.25) is 14.4 Å². The van der Waals surface area contributed by atoms with E-state index in [9.17, 15) is 14.4 Å². The van der Waals surface area contributed by atoms with Crippen LogP contribution in [-0.4, -0.2) is 41.9 Å². The molecule has 0 fully saturated rings. The molecule has 2 N–H and O–H groups in total. The normalized spacial score (nSPS) is 11.6. The van der Waals surface area contributed by atoms with E-state index in [1.165, 1.54) is 20.4 Å². The summed E-state index contributed by atoms with van der Waals surface area (Å²) in [5.41, 5.74) is -0.431. The molecule has 0 bridgehead atoms. The molecule has 9 heteroatoms. The quantitative estimate of drug-likeness (QED) is 0.719. The maximum atomic E-state index is 11.9. The Balaban J connectivity index is 2.97.